The number of aliphatic hydroxyl groups is 1. The third kappa shape index (κ3) is 6.23. The summed E-state index contributed by atoms with van der Waals surface area (Å²) in [7, 11) is 2.96. The number of rotatable bonds is 9. The van der Waals surface area contributed by atoms with E-state index in [0.717, 1.165) is 12.1 Å². The first-order chi connectivity index (χ1) is 16.7. The predicted molar refractivity (Wildman–Crippen MR) is 126 cm³/mol. The lowest BCUT2D eigenvalue weighted by Gasteiger charge is -2.18. The lowest BCUT2D eigenvalue weighted by molar-refractivity contribution is -0.146. The van der Waals surface area contributed by atoms with Gasteiger partial charge in [0.25, 0.3) is 11.5 Å². The molecule has 2 aromatic carbocycles. The number of amides is 1. The van der Waals surface area contributed by atoms with Gasteiger partial charge in [-0.15, -0.1) is 0 Å². The number of benzene rings is 2. The molecule has 1 amide bonds. The maximum atomic E-state index is 13.6. The molecular formula is C24H23ClFN3O6. The van der Waals surface area contributed by atoms with Crippen LogP contribution < -0.4 is 15.6 Å². The number of aryl methyl sites for hydroxylation is 1. The van der Waals surface area contributed by atoms with Crippen LogP contribution in [0.1, 0.15) is 15.9 Å². The van der Waals surface area contributed by atoms with Crippen molar-refractivity contribution in [3.63, 3.8) is 0 Å². The molecule has 184 valence electrons. The van der Waals surface area contributed by atoms with Crippen LogP contribution in [0.2, 0.25) is 5.02 Å². The highest BCUT2D eigenvalue weighted by atomic mass is 35.5. The molecule has 35 heavy (non-hydrogen) atoms. The summed E-state index contributed by atoms with van der Waals surface area (Å²) in [5, 5.41) is 15.4. The fraction of sp³-hybridized carbons (Fsp3) is 0.250. The lowest BCUT2D eigenvalue weighted by Crippen LogP contribution is -2.43. The minimum absolute atomic E-state index is 0.0172. The van der Waals surface area contributed by atoms with Gasteiger partial charge in [-0.2, -0.15) is 5.10 Å². The summed E-state index contributed by atoms with van der Waals surface area (Å²) < 4.78 is 25.0. The van der Waals surface area contributed by atoms with Crippen LogP contribution in [0.4, 0.5) is 4.39 Å². The molecule has 0 bridgehead atoms. The molecule has 1 atom stereocenters. The number of esters is 1. The van der Waals surface area contributed by atoms with Gasteiger partial charge in [0.1, 0.15) is 18.5 Å². The lowest BCUT2D eigenvalue weighted by atomic mass is 10.0. The molecule has 0 aliphatic heterocycles. The van der Waals surface area contributed by atoms with Crippen LogP contribution in [0.25, 0.3) is 11.1 Å². The van der Waals surface area contributed by atoms with Gasteiger partial charge in [-0.05, 0) is 29.3 Å². The molecule has 0 radical (unpaired) electrons. The zero-order valence-corrected chi connectivity index (χ0v) is 19.7. The molecule has 3 aromatic rings. The van der Waals surface area contributed by atoms with Crippen LogP contribution in [-0.2, 0) is 23.0 Å². The largest absolute Gasteiger partial charge is 0.494 e. The van der Waals surface area contributed by atoms with E-state index in [2.05, 4.69) is 10.4 Å². The Morgan fingerprint density at radius 2 is 1.94 bits per heavy atom. The molecule has 9 nitrogen and oxygen atoms in total. The van der Waals surface area contributed by atoms with E-state index < -0.39 is 23.7 Å². The fourth-order valence-corrected chi connectivity index (χ4v) is 3.54. The van der Waals surface area contributed by atoms with E-state index in [0.29, 0.717) is 22.4 Å². The fourth-order valence-electron chi connectivity index (χ4n) is 3.33. The van der Waals surface area contributed by atoms with Crippen molar-refractivity contribution in [3.05, 3.63) is 81.0 Å². The van der Waals surface area contributed by atoms with E-state index in [1.807, 2.05) is 0 Å². The molecule has 0 saturated carbocycles. The summed E-state index contributed by atoms with van der Waals surface area (Å²) in [5.74, 6) is -1.89. The van der Waals surface area contributed by atoms with Crippen molar-refractivity contribution >= 4 is 23.5 Å². The first-order valence-corrected chi connectivity index (χ1v) is 10.9. The normalized spacial score (nSPS) is 11.6. The van der Waals surface area contributed by atoms with Gasteiger partial charge in [-0.3, -0.25) is 9.59 Å². The van der Waals surface area contributed by atoms with E-state index in [4.69, 9.17) is 26.2 Å². The number of hydrogen-bond donors (Lipinski definition) is 2. The third-order valence-electron chi connectivity index (χ3n) is 5.10. The second kappa shape index (κ2) is 11.6. The molecule has 2 N–H and O–H groups in total. The van der Waals surface area contributed by atoms with Gasteiger partial charge >= 0.3 is 5.97 Å². The first kappa shape index (κ1) is 25.9. The molecule has 0 aliphatic rings. The molecule has 0 spiro atoms. The number of nitrogens with zero attached hydrogens (tertiary/aromatic N) is 2. The van der Waals surface area contributed by atoms with E-state index in [-0.39, 0.29) is 35.8 Å². The Kier molecular flexibility index (Phi) is 8.56. The molecule has 3 rings (SSSR count). The average molecular weight is 504 g/mol. The third-order valence-corrected chi connectivity index (χ3v) is 5.43. The number of carbonyl (C=O) groups is 2. The van der Waals surface area contributed by atoms with E-state index in [1.54, 1.807) is 24.3 Å². The Morgan fingerprint density at radius 3 is 2.60 bits per heavy atom. The van der Waals surface area contributed by atoms with Crippen molar-refractivity contribution < 1.29 is 28.6 Å². The summed E-state index contributed by atoms with van der Waals surface area (Å²) in [5.41, 5.74) is 1.05. The van der Waals surface area contributed by atoms with Crippen molar-refractivity contribution in [3.8, 4) is 16.9 Å². The highest BCUT2D eigenvalue weighted by molar-refractivity contribution is 6.33. The van der Waals surface area contributed by atoms with Crippen molar-refractivity contribution in [2.45, 2.75) is 12.5 Å². The Morgan fingerprint density at radius 1 is 1.23 bits per heavy atom. The minimum Gasteiger partial charge on any atom is -0.494 e. The van der Waals surface area contributed by atoms with Gasteiger partial charge in [-0.25, -0.2) is 13.9 Å². The summed E-state index contributed by atoms with van der Waals surface area (Å²) >= 11 is 6.00. The van der Waals surface area contributed by atoms with Crippen LogP contribution in [0, 0.1) is 5.82 Å². The summed E-state index contributed by atoms with van der Waals surface area (Å²) in [6.07, 6.45) is 1.46. The molecule has 0 saturated heterocycles. The molecule has 0 aliphatic carbocycles. The van der Waals surface area contributed by atoms with Crippen molar-refractivity contribution in [2.75, 3.05) is 20.3 Å². The van der Waals surface area contributed by atoms with Gasteiger partial charge in [-0.1, -0.05) is 35.9 Å². The van der Waals surface area contributed by atoms with Gasteiger partial charge in [0.15, 0.2) is 5.75 Å². The van der Waals surface area contributed by atoms with E-state index >= 15 is 0 Å². The zero-order valence-electron chi connectivity index (χ0n) is 19.0. The SMILES string of the molecule is COc1cnn(C)c(=O)c1-c1ccc(C[C@H](NC(=O)c2cc(F)ccc2Cl)C(=O)OCCO)cc1. The number of aliphatic hydroxyl groups excluding tert-OH is 1. The summed E-state index contributed by atoms with van der Waals surface area (Å²) in [6, 6.07) is 8.88. The molecule has 0 fully saturated rings. The predicted octanol–water partition coefficient (Wildman–Crippen LogP) is 2.12. The minimum atomic E-state index is -1.15. The smallest absolute Gasteiger partial charge is 0.329 e. The average Bonchev–Trinajstić information content (AvgIpc) is 2.85. The number of carbonyl (C=O) groups excluding carboxylic acids is 2. The van der Waals surface area contributed by atoms with Gasteiger partial charge in [0, 0.05) is 13.5 Å². The second-order valence-electron chi connectivity index (χ2n) is 7.46. The maximum absolute atomic E-state index is 13.6. The molecule has 1 aromatic heterocycles. The topological polar surface area (TPSA) is 120 Å². The van der Waals surface area contributed by atoms with Gasteiger partial charge in [0.2, 0.25) is 0 Å². The monoisotopic (exact) mass is 503 g/mol. The van der Waals surface area contributed by atoms with Crippen LogP contribution in [0.15, 0.2) is 53.5 Å². The Balaban J connectivity index is 1.86. The first-order valence-electron chi connectivity index (χ1n) is 10.5. The van der Waals surface area contributed by atoms with Crippen molar-refractivity contribution in [2.24, 2.45) is 7.05 Å². The Labute approximate surface area is 205 Å². The van der Waals surface area contributed by atoms with Gasteiger partial charge < -0.3 is 19.9 Å². The molecule has 1 heterocycles. The number of methoxy groups -OCH3 is 1. The zero-order chi connectivity index (χ0) is 25.5. The highest BCUT2D eigenvalue weighted by Crippen LogP contribution is 2.26. The number of hydrogen-bond acceptors (Lipinski definition) is 7. The number of halogens is 2. The second-order valence-corrected chi connectivity index (χ2v) is 7.87. The van der Waals surface area contributed by atoms with Gasteiger partial charge in [0.05, 0.1) is 36.1 Å². The summed E-state index contributed by atoms with van der Waals surface area (Å²) in [4.78, 5) is 37.8. The van der Waals surface area contributed by atoms with Crippen LogP contribution in [0.3, 0.4) is 0 Å². The Hall–Kier alpha value is -3.76. The molecule has 11 heteroatoms. The number of nitrogens with one attached hydrogen (secondary N) is 1. The van der Waals surface area contributed by atoms with Crippen LogP contribution in [0.5, 0.6) is 5.75 Å². The summed E-state index contributed by atoms with van der Waals surface area (Å²) in [6.45, 7) is -0.643. The highest BCUT2D eigenvalue weighted by Gasteiger charge is 2.25. The van der Waals surface area contributed by atoms with Crippen molar-refractivity contribution in [1.82, 2.24) is 15.1 Å². The Bertz CT molecular complexity index is 1280. The van der Waals surface area contributed by atoms with Crippen molar-refractivity contribution in [1.29, 1.82) is 0 Å². The molecule has 0 unspecified atom stereocenters. The van der Waals surface area contributed by atoms with E-state index in [9.17, 15) is 18.8 Å². The van der Waals surface area contributed by atoms with Crippen LogP contribution >= 0.6 is 11.6 Å². The quantitative estimate of drug-likeness (QED) is 0.429. The maximum Gasteiger partial charge on any atom is 0.329 e. The van der Waals surface area contributed by atoms with Crippen LogP contribution in [-0.4, -0.2) is 53.1 Å². The standard InChI is InChI=1S/C24H23ClFN3O6/c1-29-23(32)21(20(34-2)13-27-29)15-5-3-14(4-6-15)11-19(24(33)35-10-9-30)28-22(31)17-12-16(26)7-8-18(17)25/h3-8,12-13,19,30H,9-11H2,1-2H3,(H,28,31)/t19-/m0/s1. The number of aromatic nitrogens is 2. The molecular weight excluding hydrogens is 481 g/mol. The van der Waals surface area contributed by atoms with E-state index in [1.165, 1.54) is 31.1 Å². The number of ether oxygens (including phenoxy) is 2.